The number of hydrogen-bond acceptors (Lipinski definition) is 5. The van der Waals surface area contributed by atoms with Gasteiger partial charge in [0.15, 0.2) is 0 Å². The summed E-state index contributed by atoms with van der Waals surface area (Å²) in [6.45, 7) is 8.83. The quantitative estimate of drug-likeness (QED) is 0.720. The van der Waals surface area contributed by atoms with Crippen molar-refractivity contribution in [3.8, 4) is 0 Å². The van der Waals surface area contributed by atoms with Crippen molar-refractivity contribution in [3.63, 3.8) is 0 Å². The number of hydrogen-bond donors (Lipinski definition) is 1. The topological polar surface area (TPSA) is 65.1 Å². The fourth-order valence-corrected chi connectivity index (χ4v) is 6.99. The molecule has 7 nitrogen and oxygen atoms in total. The van der Waals surface area contributed by atoms with Gasteiger partial charge in [0.05, 0.1) is 12.1 Å². The molecule has 1 N–H and O–H groups in total. The molecule has 32 heavy (non-hydrogen) atoms. The van der Waals surface area contributed by atoms with Crippen molar-refractivity contribution >= 4 is 12.0 Å². The largest absolute Gasteiger partial charge is 0.446 e. The number of ether oxygens (including phenoxy) is 1. The second-order valence-electron chi connectivity index (χ2n) is 11.4. The van der Waals surface area contributed by atoms with Gasteiger partial charge in [0.1, 0.15) is 6.10 Å². The lowest BCUT2D eigenvalue weighted by atomic mass is 9.73. The summed E-state index contributed by atoms with van der Waals surface area (Å²) in [7, 11) is 0. The molecule has 4 unspecified atom stereocenters. The maximum Gasteiger partial charge on any atom is 0.410 e. The van der Waals surface area contributed by atoms with Crippen molar-refractivity contribution in [2.75, 3.05) is 19.6 Å². The fraction of sp³-hybridized carbons (Fsp3) is 0.920. The van der Waals surface area contributed by atoms with Gasteiger partial charge in [-0.2, -0.15) is 0 Å². The van der Waals surface area contributed by atoms with Gasteiger partial charge in [-0.05, 0) is 82.5 Å². The van der Waals surface area contributed by atoms with E-state index in [4.69, 9.17) is 4.74 Å². The van der Waals surface area contributed by atoms with E-state index in [0.29, 0.717) is 18.4 Å². The molecule has 0 aromatic rings. The Labute approximate surface area is 193 Å². The molecule has 5 atom stereocenters. The highest BCUT2D eigenvalue weighted by Gasteiger charge is 2.49. The lowest BCUT2D eigenvalue weighted by molar-refractivity contribution is -0.142. The van der Waals surface area contributed by atoms with Crippen molar-refractivity contribution in [1.29, 1.82) is 0 Å². The predicted octanol–water partition coefficient (Wildman–Crippen LogP) is 3.39. The molecule has 3 aliphatic carbocycles. The van der Waals surface area contributed by atoms with Crippen LogP contribution in [0.15, 0.2) is 0 Å². The van der Waals surface area contributed by atoms with Gasteiger partial charge in [-0.25, -0.2) is 9.80 Å². The summed E-state index contributed by atoms with van der Waals surface area (Å²) >= 11 is 0. The van der Waals surface area contributed by atoms with Crippen LogP contribution in [0.1, 0.15) is 78.6 Å². The zero-order chi connectivity index (χ0) is 22.4. The van der Waals surface area contributed by atoms with E-state index in [2.05, 4.69) is 29.2 Å². The maximum absolute atomic E-state index is 13.4. The molecule has 7 heteroatoms. The van der Waals surface area contributed by atoms with E-state index in [9.17, 15) is 9.59 Å². The second kappa shape index (κ2) is 9.13. The van der Waals surface area contributed by atoms with Crippen LogP contribution in [0, 0.1) is 17.8 Å². The van der Waals surface area contributed by atoms with Crippen LogP contribution in [-0.2, 0) is 9.53 Å². The number of amides is 2. The van der Waals surface area contributed by atoms with Gasteiger partial charge in [0.2, 0.25) is 5.91 Å². The highest BCUT2D eigenvalue weighted by molar-refractivity contribution is 5.75. The van der Waals surface area contributed by atoms with Crippen LogP contribution < -0.4 is 5.43 Å². The summed E-state index contributed by atoms with van der Waals surface area (Å²) in [6, 6.07) is 0.992. The van der Waals surface area contributed by atoms with Crippen LogP contribution in [0.5, 0.6) is 0 Å². The number of nitrogens with zero attached hydrogens (tertiary/aromatic N) is 3. The van der Waals surface area contributed by atoms with E-state index >= 15 is 0 Å². The number of nitrogens with one attached hydrogen (secondary N) is 1. The Morgan fingerprint density at radius 1 is 0.875 bits per heavy atom. The second-order valence-corrected chi connectivity index (χ2v) is 11.4. The maximum atomic E-state index is 13.4. The van der Waals surface area contributed by atoms with E-state index in [0.717, 1.165) is 70.0 Å². The van der Waals surface area contributed by atoms with Crippen LogP contribution in [0.2, 0.25) is 0 Å². The highest BCUT2D eigenvalue weighted by atomic mass is 16.6. The summed E-state index contributed by atoms with van der Waals surface area (Å²) in [5, 5.41) is 2.46. The Balaban J connectivity index is 1.28. The summed E-state index contributed by atoms with van der Waals surface area (Å²) in [5.74, 6) is 2.12. The molecule has 5 fully saturated rings. The summed E-state index contributed by atoms with van der Waals surface area (Å²) < 4.78 is 6.05. The van der Waals surface area contributed by atoms with E-state index in [-0.39, 0.29) is 36.2 Å². The van der Waals surface area contributed by atoms with Crippen molar-refractivity contribution in [1.82, 2.24) is 20.2 Å². The molecule has 180 valence electrons. The fourth-order valence-electron chi connectivity index (χ4n) is 6.99. The summed E-state index contributed by atoms with van der Waals surface area (Å²) in [6.07, 6.45) is 9.94. The minimum atomic E-state index is -0.139. The molecule has 2 saturated heterocycles. The van der Waals surface area contributed by atoms with Crippen LogP contribution in [0.4, 0.5) is 4.79 Å². The molecule has 0 spiro atoms. The number of carbonyl (C=O) groups is 2. The molecule has 0 radical (unpaired) electrons. The predicted molar refractivity (Wildman–Crippen MR) is 123 cm³/mol. The zero-order valence-electron chi connectivity index (χ0n) is 20.2. The lowest BCUT2D eigenvalue weighted by Crippen LogP contribution is -2.67. The van der Waals surface area contributed by atoms with Crippen molar-refractivity contribution < 1.29 is 14.3 Å². The standard InChI is InChI=1S/C25H42N4O3/c1-16-4-9-22(10-5-16)32-25(31)27-14-17(2)29(18(3)30)23-11-6-19(12-24(23)27)20-13-26-28(15-20)21-7-8-21/h16-17,19-24,26H,4-15H2,1-3H3/t16?,17-,19?,20?,22?,23?,24?/m0/s1. The first-order valence-electron chi connectivity index (χ1n) is 13.2. The number of rotatable bonds is 3. The van der Waals surface area contributed by atoms with Crippen molar-refractivity contribution in [2.45, 2.75) is 109 Å². The number of carbonyl (C=O) groups excluding carboxylic acids is 2. The van der Waals surface area contributed by atoms with Gasteiger partial charge in [-0.1, -0.05) is 6.92 Å². The van der Waals surface area contributed by atoms with Gasteiger partial charge in [-0.15, -0.1) is 0 Å². The third kappa shape index (κ3) is 4.52. The van der Waals surface area contributed by atoms with Gasteiger partial charge in [0, 0.05) is 38.6 Å². The monoisotopic (exact) mass is 446 g/mol. The lowest BCUT2D eigenvalue weighted by Gasteiger charge is -2.54. The van der Waals surface area contributed by atoms with Crippen molar-refractivity contribution in [3.05, 3.63) is 0 Å². The van der Waals surface area contributed by atoms with E-state index in [1.165, 1.54) is 12.8 Å². The van der Waals surface area contributed by atoms with Crippen LogP contribution >= 0.6 is 0 Å². The highest BCUT2D eigenvalue weighted by Crippen LogP contribution is 2.41. The van der Waals surface area contributed by atoms with Gasteiger partial charge in [0.25, 0.3) is 0 Å². The summed E-state index contributed by atoms with van der Waals surface area (Å²) in [5.41, 5.74) is 3.63. The average molecular weight is 447 g/mol. The average Bonchev–Trinajstić information content (AvgIpc) is 3.50. The molecule has 2 aliphatic heterocycles. The summed E-state index contributed by atoms with van der Waals surface area (Å²) in [4.78, 5) is 30.0. The molecule has 0 aromatic heterocycles. The Bertz CT molecular complexity index is 705. The van der Waals surface area contributed by atoms with E-state index < -0.39 is 0 Å². The van der Waals surface area contributed by atoms with E-state index in [1.54, 1.807) is 6.92 Å². The molecule has 2 heterocycles. The van der Waals surface area contributed by atoms with Gasteiger partial charge >= 0.3 is 6.09 Å². The first-order valence-corrected chi connectivity index (χ1v) is 13.2. The smallest absolute Gasteiger partial charge is 0.410 e. The molecular weight excluding hydrogens is 404 g/mol. The van der Waals surface area contributed by atoms with Crippen LogP contribution in [0.25, 0.3) is 0 Å². The molecule has 2 amide bonds. The molecule has 0 aromatic carbocycles. The van der Waals surface area contributed by atoms with E-state index in [1.807, 2.05) is 4.90 Å². The molecule has 5 aliphatic rings. The molecule has 0 bridgehead atoms. The van der Waals surface area contributed by atoms with Crippen molar-refractivity contribution in [2.24, 2.45) is 17.8 Å². The third-order valence-corrected chi connectivity index (χ3v) is 8.99. The number of fused-ring (bicyclic) bond motifs is 1. The van der Waals surface area contributed by atoms with Crippen LogP contribution in [0.3, 0.4) is 0 Å². The van der Waals surface area contributed by atoms with Gasteiger partial charge < -0.3 is 14.5 Å². The molecule has 3 saturated carbocycles. The third-order valence-electron chi connectivity index (χ3n) is 8.99. The Kier molecular flexibility index (Phi) is 6.41. The zero-order valence-corrected chi connectivity index (χ0v) is 20.2. The minimum Gasteiger partial charge on any atom is -0.446 e. The Morgan fingerprint density at radius 2 is 1.62 bits per heavy atom. The first-order chi connectivity index (χ1) is 15.4. The number of hydrazine groups is 1. The number of piperazine rings is 1. The molecular formula is C25H42N4O3. The minimum absolute atomic E-state index is 0.0442. The first kappa shape index (κ1) is 22.5. The SMILES string of the molecule is CC(=O)N1C2CCC(C3CNN(C4CC4)C3)CC2N(C(=O)OC2CCC(C)CC2)C[C@@H]1C. The van der Waals surface area contributed by atoms with Gasteiger partial charge in [-0.3, -0.25) is 10.2 Å². The molecule has 5 rings (SSSR count). The Hall–Kier alpha value is -1.34. The van der Waals surface area contributed by atoms with Crippen LogP contribution in [-0.4, -0.2) is 76.7 Å². The Morgan fingerprint density at radius 3 is 2.31 bits per heavy atom. The normalized spacial score (nSPS) is 40.8.